The summed E-state index contributed by atoms with van der Waals surface area (Å²) in [5.41, 5.74) is 0. The smallest absolute Gasteiger partial charge is 0.307 e. The number of hydrogen-bond donors (Lipinski definition) is 0. The predicted molar refractivity (Wildman–Crippen MR) is 69.9 cm³/mol. The van der Waals surface area contributed by atoms with Crippen LogP contribution in [0.15, 0.2) is 0 Å². The third-order valence-electron chi connectivity index (χ3n) is 3.99. The van der Waals surface area contributed by atoms with E-state index in [4.69, 9.17) is 4.74 Å². The van der Waals surface area contributed by atoms with Crippen molar-refractivity contribution < 1.29 is 9.53 Å². The Kier molecular flexibility index (Phi) is 6.56. The zero-order chi connectivity index (χ0) is 12.7. The Bertz CT molecular complexity index is 222. The molecule has 0 heterocycles. The van der Waals surface area contributed by atoms with E-state index in [1.807, 2.05) is 6.92 Å². The molecule has 1 saturated carbocycles. The molecule has 0 aromatic heterocycles. The highest BCUT2D eigenvalue weighted by molar-refractivity contribution is 5.69. The lowest BCUT2D eigenvalue weighted by Gasteiger charge is -2.34. The molecule has 0 amide bonds. The van der Waals surface area contributed by atoms with Crippen LogP contribution in [0.3, 0.4) is 0 Å². The summed E-state index contributed by atoms with van der Waals surface area (Å²) in [6, 6.07) is 0.673. The van der Waals surface area contributed by atoms with E-state index in [0.717, 1.165) is 12.5 Å². The lowest BCUT2D eigenvalue weighted by atomic mass is 9.84. The highest BCUT2D eigenvalue weighted by atomic mass is 16.5. The number of hydrogen-bond acceptors (Lipinski definition) is 3. The van der Waals surface area contributed by atoms with Gasteiger partial charge in [-0.05, 0) is 45.6 Å². The van der Waals surface area contributed by atoms with E-state index in [-0.39, 0.29) is 5.97 Å². The second kappa shape index (κ2) is 7.70. The predicted octanol–water partition coefficient (Wildman–Crippen LogP) is 2.84. The monoisotopic (exact) mass is 241 g/mol. The van der Waals surface area contributed by atoms with Crippen LogP contribution in [0, 0.1) is 5.92 Å². The van der Waals surface area contributed by atoms with Gasteiger partial charge in [-0.1, -0.05) is 13.3 Å². The Morgan fingerprint density at radius 3 is 2.41 bits per heavy atom. The van der Waals surface area contributed by atoms with Crippen LogP contribution >= 0.6 is 0 Å². The molecule has 3 heteroatoms. The Morgan fingerprint density at radius 1 is 1.24 bits per heavy atom. The average Bonchev–Trinajstić information content (AvgIpc) is 2.36. The molecule has 0 aromatic carbocycles. The van der Waals surface area contributed by atoms with Gasteiger partial charge in [0.15, 0.2) is 0 Å². The first-order valence-corrected chi connectivity index (χ1v) is 7.03. The fourth-order valence-electron chi connectivity index (χ4n) is 2.68. The van der Waals surface area contributed by atoms with Gasteiger partial charge in [0.25, 0.3) is 0 Å². The van der Waals surface area contributed by atoms with Crippen LogP contribution in [0.2, 0.25) is 0 Å². The van der Waals surface area contributed by atoms with Crippen LogP contribution < -0.4 is 0 Å². The number of rotatable bonds is 6. The summed E-state index contributed by atoms with van der Waals surface area (Å²) in [5, 5.41) is 0. The second-order valence-corrected chi connectivity index (χ2v) is 5.12. The fraction of sp³-hybridized carbons (Fsp3) is 0.929. The van der Waals surface area contributed by atoms with Gasteiger partial charge in [0.05, 0.1) is 13.0 Å². The van der Waals surface area contributed by atoms with Crippen molar-refractivity contribution in [2.45, 2.75) is 58.4 Å². The molecule has 0 bridgehead atoms. The van der Waals surface area contributed by atoms with Crippen molar-refractivity contribution in [1.29, 1.82) is 0 Å². The Balaban J connectivity index is 2.20. The molecular weight excluding hydrogens is 214 g/mol. The maximum absolute atomic E-state index is 11.3. The van der Waals surface area contributed by atoms with E-state index in [9.17, 15) is 4.79 Å². The molecule has 1 aliphatic rings. The fourth-order valence-corrected chi connectivity index (χ4v) is 2.68. The van der Waals surface area contributed by atoms with E-state index >= 15 is 0 Å². The van der Waals surface area contributed by atoms with Crippen molar-refractivity contribution in [2.24, 2.45) is 5.92 Å². The van der Waals surface area contributed by atoms with Crippen molar-refractivity contribution in [1.82, 2.24) is 4.90 Å². The largest absolute Gasteiger partial charge is 0.466 e. The van der Waals surface area contributed by atoms with Crippen LogP contribution in [0.4, 0.5) is 0 Å². The number of carbonyl (C=O) groups excluding carboxylic acids is 1. The molecular formula is C14H27NO2. The van der Waals surface area contributed by atoms with Gasteiger partial charge in [-0.15, -0.1) is 0 Å². The van der Waals surface area contributed by atoms with Gasteiger partial charge < -0.3 is 9.64 Å². The summed E-state index contributed by atoms with van der Waals surface area (Å²) >= 11 is 0. The van der Waals surface area contributed by atoms with Gasteiger partial charge in [-0.3, -0.25) is 4.79 Å². The Morgan fingerprint density at radius 2 is 1.88 bits per heavy atom. The molecule has 1 rings (SSSR count). The molecule has 0 spiro atoms. The zero-order valence-electron chi connectivity index (χ0n) is 11.6. The number of ether oxygens (including phenoxy) is 1. The molecule has 0 saturated heterocycles. The van der Waals surface area contributed by atoms with Gasteiger partial charge in [0, 0.05) is 12.6 Å². The molecule has 0 radical (unpaired) electrons. The minimum atomic E-state index is -0.0680. The molecule has 0 unspecified atom stereocenters. The Hall–Kier alpha value is -0.570. The summed E-state index contributed by atoms with van der Waals surface area (Å²) in [5.74, 6) is 0.867. The third-order valence-corrected chi connectivity index (χ3v) is 3.99. The van der Waals surface area contributed by atoms with E-state index in [2.05, 4.69) is 18.9 Å². The third kappa shape index (κ3) is 5.07. The highest BCUT2D eigenvalue weighted by Gasteiger charge is 2.23. The lowest BCUT2D eigenvalue weighted by Crippen LogP contribution is -2.36. The van der Waals surface area contributed by atoms with Gasteiger partial charge in [0.1, 0.15) is 0 Å². The first-order chi connectivity index (χ1) is 8.17. The topological polar surface area (TPSA) is 29.5 Å². The summed E-state index contributed by atoms with van der Waals surface area (Å²) in [6.45, 7) is 5.47. The first kappa shape index (κ1) is 14.5. The van der Waals surface area contributed by atoms with E-state index in [1.165, 1.54) is 32.1 Å². The van der Waals surface area contributed by atoms with Crippen LogP contribution in [0.5, 0.6) is 0 Å². The van der Waals surface area contributed by atoms with Gasteiger partial charge in [-0.25, -0.2) is 0 Å². The van der Waals surface area contributed by atoms with Crippen molar-refractivity contribution in [3.63, 3.8) is 0 Å². The minimum absolute atomic E-state index is 0.0680. The maximum atomic E-state index is 11.3. The standard InChI is InChI=1S/C14H27NO2/c1-4-12-6-8-13(9-7-12)15(3)11-10-14(16)17-5-2/h12-13H,4-11H2,1-3H3. The normalized spacial score (nSPS) is 24.9. The van der Waals surface area contributed by atoms with Crippen LogP contribution in [-0.4, -0.2) is 37.1 Å². The SMILES string of the molecule is CCOC(=O)CCN(C)C1CCC(CC)CC1. The quantitative estimate of drug-likeness (QED) is 0.670. The van der Waals surface area contributed by atoms with Crippen molar-refractivity contribution in [2.75, 3.05) is 20.2 Å². The molecule has 100 valence electrons. The zero-order valence-corrected chi connectivity index (χ0v) is 11.6. The van der Waals surface area contributed by atoms with Gasteiger partial charge in [0.2, 0.25) is 0 Å². The molecule has 0 atom stereocenters. The first-order valence-electron chi connectivity index (χ1n) is 7.03. The molecule has 0 aliphatic heterocycles. The van der Waals surface area contributed by atoms with Crippen LogP contribution in [0.1, 0.15) is 52.4 Å². The molecule has 1 fully saturated rings. The number of nitrogens with zero attached hydrogens (tertiary/aromatic N) is 1. The van der Waals surface area contributed by atoms with Gasteiger partial charge >= 0.3 is 5.97 Å². The average molecular weight is 241 g/mol. The second-order valence-electron chi connectivity index (χ2n) is 5.12. The van der Waals surface area contributed by atoms with Gasteiger partial charge in [-0.2, -0.15) is 0 Å². The Labute approximate surface area is 106 Å². The summed E-state index contributed by atoms with van der Waals surface area (Å²) in [4.78, 5) is 13.6. The lowest BCUT2D eigenvalue weighted by molar-refractivity contribution is -0.143. The summed E-state index contributed by atoms with van der Waals surface area (Å²) in [6.07, 6.45) is 7.13. The van der Waals surface area contributed by atoms with Crippen molar-refractivity contribution in [3.05, 3.63) is 0 Å². The van der Waals surface area contributed by atoms with E-state index in [1.54, 1.807) is 0 Å². The summed E-state index contributed by atoms with van der Waals surface area (Å²) < 4.78 is 4.95. The number of esters is 1. The maximum Gasteiger partial charge on any atom is 0.307 e. The van der Waals surface area contributed by atoms with Crippen molar-refractivity contribution in [3.8, 4) is 0 Å². The molecule has 1 aliphatic carbocycles. The molecule has 17 heavy (non-hydrogen) atoms. The highest BCUT2D eigenvalue weighted by Crippen LogP contribution is 2.28. The molecule has 0 aromatic rings. The van der Waals surface area contributed by atoms with E-state index < -0.39 is 0 Å². The van der Waals surface area contributed by atoms with Crippen LogP contribution in [-0.2, 0) is 9.53 Å². The van der Waals surface area contributed by atoms with Crippen molar-refractivity contribution >= 4 is 5.97 Å². The van der Waals surface area contributed by atoms with E-state index in [0.29, 0.717) is 19.1 Å². The number of carbonyl (C=O) groups is 1. The van der Waals surface area contributed by atoms with Crippen LogP contribution in [0.25, 0.3) is 0 Å². The summed E-state index contributed by atoms with van der Waals surface area (Å²) in [7, 11) is 2.14. The minimum Gasteiger partial charge on any atom is -0.466 e. The molecule has 3 nitrogen and oxygen atoms in total. The molecule has 0 N–H and O–H groups in total.